The number of carbonyl (C=O) groups is 1. The van der Waals surface area contributed by atoms with E-state index in [4.69, 9.17) is 12.2 Å². The van der Waals surface area contributed by atoms with Crippen LogP contribution >= 0.6 is 12.2 Å². The van der Waals surface area contributed by atoms with Gasteiger partial charge in [-0.05, 0) is 31.3 Å². The molecule has 96 valence electrons. The van der Waals surface area contributed by atoms with E-state index in [2.05, 4.69) is 26.7 Å². The van der Waals surface area contributed by atoms with Crippen molar-refractivity contribution in [2.45, 2.75) is 6.92 Å². The van der Waals surface area contributed by atoms with Crippen LogP contribution in [0.4, 0.5) is 0 Å². The standard InChI is InChI=1S/C13H12N4OS/c1-2-14-13(19)17-15-8-10-7-9-5-3-4-6-11(9)16-12(10)18/h3-7H,2H2,1H3,(H2,14,17,19). The molecule has 0 spiro atoms. The highest BCUT2D eigenvalue weighted by molar-refractivity contribution is 7.80. The number of hydrazone groups is 1. The number of carbonyl (C=O) groups excluding carboxylic acids is 1. The summed E-state index contributed by atoms with van der Waals surface area (Å²) in [7, 11) is 0. The second-order valence-electron chi connectivity index (χ2n) is 3.73. The lowest BCUT2D eigenvalue weighted by molar-refractivity contribution is -0.114. The van der Waals surface area contributed by atoms with E-state index in [0.717, 1.165) is 5.22 Å². The molecule has 5 nitrogen and oxygen atoms in total. The molecule has 0 radical (unpaired) electrons. The zero-order valence-corrected chi connectivity index (χ0v) is 11.1. The van der Waals surface area contributed by atoms with Crippen molar-refractivity contribution in [3.8, 4) is 0 Å². The second-order valence-corrected chi connectivity index (χ2v) is 4.14. The van der Waals surface area contributed by atoms with Crippen molar-refractivity contribution in [2.75, 3.05) is 6.54 Å². The summed E-state index contributed by atoms with van der Waals surface area (Å²) in [4.78, 5) is 15.7. The first-order chi connectivity index (χ1) is 9.20. The summed E-state index contributed by atoms with van der Waals surface area (Å²) >= 11 is 4.93. The van der Waals surface area contributed by atoms with E-state index in [9.17, 15) is 4.79 Å². The number of fused-ring (bicyclic) bond motifs is 1. The molecular weight excluding hydrogens is 260 g/mol. The van der Waals surface area contributed by atoms with Crippen LogP contribution in [0, 0.1) is 0 Å². The Morgan fingerprint density at radius 3 is 3.05 bits per heavy atom. The van der Waals surface area contributed by atoms with Gasteiger partial charge >= 0.3 is 0 Å². The van der Waals surface area contributed by atoms with Gasteiger partial charge in [-0.3, -0.25) is 4.79 Å². The third-order valence-electron chi connectivity index (χ3n) is 2.36. The molecule has 1 heterocycles. The fourth-order valence-electron chi connectivity index (χ4n) is 1.52. The largest absolute Gasteiger partial charge is 0.362 e. The molecule has 0 saturated carbocycles. The number of thiocarbonyl (C=S) groups is 1. The summed E-state index contributed by atoms with van der Waals surface area (Å²) in [6.45, 7) is 2.62. The number of para-hydroxylation sites is 1. The Balaban J connectivity index is 2.27. The predicted molar refractivity (Wildman–Crippen MR) is 77.1 cm³/mol. The Morgan fingerprint density at radius 1 is 1.47 bits per heavy atom. The van der Waals surface area contributed by atoms with Crippen molar-refractivity contribution in [1.29, 1.82) is 0 Å². The topological polar surface area (TPSA) is 65.8 Å². The summed E-state index contributed by atoms with van der Waals surface area (Å²) in [5.41, 5.74) is 2.87. The Hall–Kier alpha value is -2.30. The molecule has 0 fully saturated rings. The smallest absolute Gasteiger partial charge is 0.287 e. The van der Waals surface area contributed by atoms with Crippen molar-refractivity contribution in [3.63, 3.8) is 0 Å². The molecule has 0 atom stereocenters. The monoisotopic (exact) mass is 272 g/mol. The van der Waals surface area contributed by atoms with Crippen LogP contribution in [-0.4, -0.2) is 23.4 Å². The highest BCUT2D eigenvalue weighted by Crippen LogP contribution is 1.96. The molecule has 0 bridgehead atoms. The van der Waals surface area contributed by atoms with Crippen LogP contribution < -0.4 is 21.3 Å². The Morgan fingerprint density at radius 2 is 2.26 bits per heavy atom. The van der Waals surface area contributed by atoms with Gasteiger partial charge in [0, 0.05) is 17.6 Å². The Labute approximate surface area is 115 Å². The first-order valence-corrected chi connectivity index (χ1v) is 6.18. The van der Waals surface area contributed by atoms with E-state index < -0.39 is 0 Å². The molecule has 0 unspecified atom stereocenters. The molecule has 1 aromatic rings. The normalized spacial score (nSPS) is 12.5. The van der Waals surface area contributed by atoms with Crippen LogP contribution in [0.5, 0.6) is 0 Å². The summed E-state index contributed by atoms with van der Waals surface area (Å²) in [6.07, 6.45) is 1.70. The van der Waals surface area contributed by atoms with Crippen molar-refractivity contribution in [1.82, 2.24) is 10.7 Å². The van der Waals surface area contributed by atoms with Crippen molar-refractivity contribution in [3.05, 3.63) is 40.4 Å². The lowest BCUT2D eigenvalue weighted by atomic mass is 10.1. The van der Waals surface area contributed by atoms with Crippen LogP contribution in [0.3, 0.4) is 0 Å². The molecule has 1 amide bonds. The average Bonchev–Trinajstić information content (AvgIpc) is 2.39. The van der Waals surface area contributed by atoms with Crippen molar-refractivity contribution in [2.24, 2.45) is 10.1 Å². The molecule has 0 saturated heterocycles. The quantitative estimate of drug-likeness (QED) is 0.333. The third-order valence-corrected chi connectivity index (χ3v) is 2.60. The highest BCUT2D eigenvalue weighted by atomic mass is 32.1. The molecule has 19 heavy (non-hydrogen) atoms. The minimum absolute atomic E-state index is 0.297. The number of rotatable bonds is 2. The minimum atomic E-state index is -0.362. The van der Waals surface area contributed by atoms with Crippen LogP contribution in [-0.2, 0) is 4.79 Å². The van der Waals surface area contributed by atoms with E-state index in [1.54, 1.807) is 12.1 Å². The van der Waals surface area contributed by atoms with Crippen molar-refractivity contribution >= 4 is 35.2 Å². The molecular formula is C13H12N4OS. The van der Waals surface area contributed by atoms with Crippen molar-refractivity contribution < 1.29 is 4.79 Å². The first-order valence-electron chi connectivity index (χ1n) is 5.77. The third kappa shape index (κ3) is 3.34. The fraction of sp³-hybridized carbons (Fsp3) is 0.154. The van der Waals surface area contributed by atoms with Gasteiger partial charge in [0.1, 0.15) is 5.57 Å². The van der Waals surface area contributed by atoms with Crippen LogP contribution in [0.2, 0.25) is 0 Å². The van der Waals surface area contributed by atoms with Crippen LogP contribution in [0.25, 0.3) is 6.08 Å². The van der Waals surface area contributed by atoms with E-state index in [1.807, 2.05) is 25.1 Å². The summed E-state index contributed by atoms with van der Waals surface area (Å²) in [6, 6.07) is 7.39. The van der Waals surface area contributed by atoms with Crippen LogP contribution in [0.15, 0.2) is 39.9 Å². The lowest BCUT2D eigenvalue weighted by Gasteiger charge is -2.01. The average molecular weight is 272 g/mol. The number of nitrogens with one attached hydrogen (secondary N) is 2. The maximum Gasteiger partial charge on any atom is 0.287 e. The molecule has 0 aromatic heterocycles. The van der Waals surface area contributed by atoms with Gasteiger partial charge in [-0.15, -0.1) is 5.10 Å². The molecule has 1 aliphatic rings. The molecule has 0 aliphatic carbocycles. The van der Waals surface area contributed by atoms with Gasteiger partial charge in [0.15, 0.2) is 5.11 Å². The molecule has 1 aliphatic heterocycles. The van der Waals surface area contributed by atoms with E-state index >= 15 is 0 Å². The zero-order chi connectivity index (χ0) is 13.7. The zero-order valence-electron chi connectivity index (χ0n) is 10.3. The lowest BCUT2D eigenvalue weighted by Crippen LogP contribution is -2.32. The molecule has 1 aromatic carbocycles. The van der Waals surface area contributed by atoms with Gasteiger partial charge in [0.25, 0.3) is 5.91 Å². The summed E-state index contributed by atoms with van der Waals surface area (Å²) in [5.74, 6) is 2.24. The fourth-order valence-corrected chi connectivity index (χ4v) is 1.71. The van der Waals surface area contributed by atoms with Crippen LogP contribution in [0.1, 0.15) is 6.92 Å². The molecule has 6 heteroatoms. The highest BCUT2D eigenvalue weighted by Gasteiger charge is 2.09. The van der Waals surface area contributed by atoms with Gasteiger partial charge in [-0.1, -0.05) is 18.2 Å². The number of nitrogens with zero attached hydrogens (tertiary/aromatic N) is 2. The van der Waals surface area contributed by atoms with E-state index in [1.165, 1.54) is 0 Å². The van der Waals surface area contributed by atoms with E-state index in [-0.39, 0.29) is 5.91 Å². The molecule has 2 N–H and O–H groups in total. The van der Waals surface area contributed by atoms with Gasteiger partial charge in [-0.2, -0.15) is 0 Å². The number of hydrogen-bond donors (Lipinski definition) is 2. The number of hydrogen-bond acceptors (Lipinski definition) is 3. The van der Waals surface area contributed by atoms with Gasteiger partial charge in [0.2, 0.25) is 0 Å². The number of amides is 1. The van der Waals surface area contributed by atoms with Gasteiger partial charge in [0.05, 0.1) is 5.36 Å². The van der Waals surface area contributed by atoms with E-state index in [0.29, 0.717) is 22.6 Å². The summed E-state index contributed by atoms with van der Waals surface area (Å²) < 4.78 is 0. The first kappa shape index (κ1) is 13.1. The van der Waals surface area contributed by atoms with Gasteiger partial charge < -0.3 is 5.32 Å². The SMILES string of the molecule is CCNC(=S)NN=C=C1C=c2ccccc2=NC1=O. The Bertz CT molecular complexity index is 702. The minimum Gasteiger partial charge on any atom is -0.362 e. The maximum atomic E-state index is 11.7. The Kier molecular flexibility index (Phi) is 4.18. The van der Waals surface area contributed by atoms with Gasteiger partial charge in [-0.25, -0.2) is 10.4 Å². The predicted octanol–water partition coefficient (Wildman–Crippen LogP) is -0.378. The molecule has 2 rings (SSSR count). The summed E-state index contributed by atoms with van der Waals surface area (Å²) in [5, 5.41) is 8.57. The maximum absolute atomic E-state index is 11.7. The number of benzene rings is 1. The second kappa shape index (κ2) is 6.04.